The first-order chi connectivity index (χ1) is 13.6. The molecule has 0 spiro atoms. The van der Waals surface area contributed by atoms with Gasteiger partial charge in [-0.3, -0.25) is 4.79 Å². The van der Waals surface area contributed by atoms with Gasteiger partial charge in [0.15, 0.2) is 0 Å². The number of carbonyl (C=O) groups is 1. The number of rotatable bonds is 2. The van der Waals surface area contributed by atoms with E-state index in [1.807, 2.05) is 43.3 Å². The van der Waals surface area contributed by atoms with Crippen LogP contribution in [0.2, 0.25) is 0 Å². The number of nitriles is 1. The summed E-state index contributed by atoms with van der Waals surface area (Å²) in [5.74, 6) is 1.02. The van der Waals surface area contributed by atoms with E-state index in [2.05, 4.69) is 26.5 Å². The van der Waals surface area contributed by atoms with Crippen LogP contribution in [0.1, 0.15) is 34.7 Å². The first-order valence-electron chi connectivity index (χ1n) is 8.98. The van der Waals surface area contributed by atoms with Gasteiger partial charge in [-0.05, 0) is 36.8 Å². The van der Waals surface area contributed by atoms with Gasteiger partial charge in [-0.15, -0.1) is 0 Å². The molecule has 5 rings (SSSR count). The van der Waals surface area contributed by atoms with Crippen LogP contribution >= 0.6 is 0 Å². The number of hydrogen-bond donors (Lipinski definition) is 2. The Hall–Kier alpha value is -3.92. The van der Waals surface area contributed by atoms with Crippen LogP contribution in [0.25, 0.3) is 17.0 Å². The first-order valence-corrected chi connectivity index (χ1v) is 8.98. The summed E-state index contributed by atoms with van der Waals surface area (Å²) in [6, 6.07) is 17.2. The molecule has 3 heterocycles. The molecule has 0 fully saturated rings. The number of amides is 1. The minimum absolute atomic E-state index is 0.0703. The Labute approximate surface area is 160 Å². The van der Waals surface area contributed by atoms with Crippen molar-refractivity contribution in [3.8, 4) is 12.0 Å². The molecule has 0 saturated carbocycles. The van der Waals surface area contributed by atoms with Crippen molar-refractivity contribution in [1.29, 1.82) is 5.26 Å². The van der Waals surface area contributed by atoms with Crippen LogP contribution in [0.4, 0.5) is 5.82 Å². The van der Waals surface area contributed by atoms with Crippen molar-refractivity contribution in [3.05, 3.63) is 70.9 Å². The van der Waals surface area contributed by atoms with E-state index in [0.29, 0.717) is 23.8 Å². The first kappa shape index (κ1) is 16.3. The molecular formula is C21H16N6O. The van der Waals surface area contributed by atoms with Gasteiger partial charge in [0.2, 0.25) is 11.9 Å². The molecule has 28 heavy (non-hydrogen) atoms. The van der Waals surface area contributed by atoms with E-state index in [1.54, 1.807) is 16.8 Å². The number of carbonyl (C=O) groups excluding carboxylic acids is 1. The monoisotopic (exact) mass is 368 g/mol. The predicted molar refractivity (Wildman–Crippen MR) is 104 cm³/mol. The minimum atomic E-state index is -0.116. The summed E-state index contributed by atoms with van der Waals surface area (Å²) in [4.78, 5) is 20.3. The van der Waals surface area contributed by atoms with Crippen molar-refractivity contribution in [3.63, 3.8) is 0 Å². The summed E-state index contributed by atoms with van der Waals surface area (Å²) in [5.41, 5.74) is 5.14. The molecule has 0 unspecified atom stereocenters. The Kier molecular flexibility index (Phi) is 3.52. The fourth-order valence-corrected chi connectivity index (χ4v) is 3.81. The van der Waals surface area contributed by atoms with Gasteiger partial charge >= 0.3 is 0 Å². The number of nitrogens with one attached hydrogen (secondary N) is 2. The molecule has 2 N–H and O–H groups in total. The second-order valence-corrected chi connectivity index (χ2v) is 6.88. The van der Waals surface area contributed by atoms with Gasteiger partial charge in [-0.25, -0.2) is 4.98 Å². The second kappa shape index (κ2) is 6.06. The van der Waals surface area contributed by atoms with Crippen molar-refractivity contribution in [1.82, 2.24) is 19.7 Å². The second-order valence-electron chi connectivity index (χ2n) is 6.88. The van der Waals surface area contributed by atoms with Crippen LogP contribution < -0.4 is 5.32 Å². The van der Waals surface area contributed by atoms with Crippen molar-refractivity contribution < 1.29 is 4.79 Å². The molecule has 7 heteroatoms. The molecule has 1 aliphatic heterocycles. The number of aromatic amines is 1. The van der Waals surface area contributed by atoms with E-state index in [4.69, 9.17) is 5.26 Å². The lowest BCUT2D eigenvalue weighted by Gasteiger charge is -2.24. The highest BCUT2D eigenvalue weighted by Crippen LogP contribution is 2.40. The zero-order valence-corrected chi connectivity index (χ0v) is 15.1. The topological polar surface area (TPSA) is 99.4 Å². The van der Waals surface area contributed by atoms with Crippen LogP contribution in [0.15, 0.2) is 48.5 Å². The van der Waals surface area contributed by atoms with Gasteiger partial charge in [-0.1, -0.05) is 24.3 Å². The van der Waals surface area contributed by atoms with E-state index in [0.717, 1.165) is 27.9 Å². The van der Waals surface area contributed by atoms with Crippen LogP contribution in [0.5, 0.6) is 0 Å². The molecule has 2 aromatic heterocycles. The van der Waals surface area contributed by atoms with Gasteiger partial charge in [0.25, 0.3) is 0 Å². The molecular weight excluding hydrogens is 352 g/mol. The molecule has 0 bridgehead atoms. The Bertz CT molecular complexity index is 1230. The molecule has 0 saturated heterocycles. The molecule has 7 nitrogen and oxygen atoms in total. The molecule has 1 amide bonds. The zero-order chi connectivity index (χ0) is 19.3. The highest BCUT2D eigenvalue weighted by molar-refractivity contribution is 5.95. The van der Waals surface area contributed by atoms with Crippen molar-refractivity contribution in [2.24, 2.45) is 0 Å². The third kappa shape index (κ3) is 2.47. The fourth-order valence-electron chi connectivity index (χ4n) is 3.81. The number of aromatic nitrogens is 4. The number of benzene rings is 2. The van der Waals surface area contributed by atoms with Gasteiger partial charge < -0.3 is 10.3 Å². The van der Waals surface area contributed by atoms with E-state index in [9.17, 15) is 4.79 Å². The van der Waals surface area contributed by atoms with Crippen molar-refractivity contribution in [2.45, 2.75) is 19.3 Å². The number of aryl methyl sites for hydroxylation is 1. The predicted octanol–water partition coefficient (Wildman–Crippen LogP) is 3.40. The Balaban J connectivity index is 1.65. The molecule has 1 atom stereocenters. The number of imidazole rings is 1. The quantitative estimate of drug-likeness (QED) is 0.566. The van der Waals surface area contributed by atoms with E-state index in [1.165, 1.54) is 0 Å². The average Bonchev–Trinajstić information content (AvgIpc) is 3.28. The lowest BCUT2D eigenvalue weighted by atomic mass is 9.85. The standard InChI is InChI=1S/C21H16N6O/c1-12-19-15(14-8-6-13(11-22)7-9-14)10-18(28)25-20(19)27(26-12)21-23-16-4-2-3-5-17(16)24-21/h2-9,15H,10H2,1H3,(H,23,24)(H,25,28)/t15-/m0/s1. The number of anilines is 1. The molecule has 0 radical (unpaired) electrons. The average molecular weight is 368 g/mol. The molecule has 136 valence electrons. The summed E-state index contributed by atoms with van der Waals surface area (Å²) < 4.78 is 1.67. The lowest BCUT2D eigenvalue weighted by molar-refractivity contribution is -0.116. The maximum atomic E-state index is 12.5. The number of para-hydroxylation sites is 2. The Morgan fingerprint density at radius 1 is 1.18 bits per heavy atom. The molecule has 1 aliphatic rings. The van der Waals surface area contributed by atoms with E-state index < -0.39 is 0 Å². The smallest absolute Gasteiger partial charge is 0.231 e. The van der Waals surface area contributed by atoms with Crippen LogP contribution in [-0.2, 0) is 4.79 Å². The normalized spacial score (nSPS) is 15.9. The van der Waals surface area contributed by atoms with Crippen molar-refractivity contribution >= 4 is 22.8 Å². The highest BCUT2D eigenvalue weighted by Gasteiger charge is 2.33. The molecule has 0 aliphatic carbocycles. The van der Waals surface area contributed by atoms with Crippen LogP contribution in [0.3, 0.4) is 0 Å². The third-order valence-corrected chi connectivity index (χ3v) is 5.12. The summed E-state index contributed by atoms with van der Waals surface area (Å²) in [6.07, 6.45) is 0.339. The van der Waals surface area contributed by atoms with Gasteiger partial charge in [0.1, 0.15) is 5.82 Å². The SMILES string of the molecule is Cc1nn(-c2nc3ccccc3[nH]2)c2c1[C@H](c1ccc(C#N)cc1)CC(=O)N2. The van der Waals surface area contributed by atoms with Gasteiger partial charge in [0, 0.05) is 17.9 Å². The number of nitrogens with zero attached hydrogens (tertiary/aromatic N) is 4. The zero-order valence-electron chi connectivity index (χ0n) is 15.1. The van der Waals surface area contributed by atoms with E-state index in [-0.39, 0.29) is 11.8 Å². The number of H-pyrrole nitrogens is 1. The Morgan fingerprint density at radius 2 is 1.96 bits per heavy atom. The van der Waals surface area contributed by atoms with E-state index >= 15 is 0 Å². The summed E-state index contributed by atoms with van der Waals surface area (Å²) in [7, 11) is 0. The molecule has 4 aromatic rings. The minimum Gasteiger partial charge on any atom is -0.322 e. The van der Waals surface area contributed by atoms with Crippen LogP contribution in [-0.4, -0.2) is 25.7 Å². The lowest BCUT2D eigenvalue weighted by Crippen LogP contribution is -2.25. The largest absolute Gasteiger partial charge is 0.322 e. The summed E-state index contributed by atoms with van der Waals surface area (Å²) >= 11 is 0. The van der Waals surface area contributed by atoms with Gasteiger partial charge in [-0.2, -0.15) is 15.0 Å². The van der Waals surface area contributed by atoms with Gasteiger partial charge in [0.05, 0.1) is 28.4 Å². The number of hydrogen-bond acceptors (Lipinski definition) is 4. The highest BCUT2D eigenvalue weighted by atomic mass is 16.1. The summed E-state index contributed by atoms with van der Waals surface area (Å²) in [6.45, 7) is 1.94. The van der Waals surface area contributed by atoms with Crippen molar-refractivity contribution in [2.75, 3.05) is 5.32 Å². The fraction of sp³-hybridized carbons (Fsp3) is 0.143. The Morgan fingerprint density at radius 3 is 2.71 bits per heavy atom. The summed E-state index contributed by atoms with van der Waals surface area (Å²) in [5, 5.41) is 16.7. The maximum Gasteiger partial charge on any atom is 0.231 e. The third-order valence-electron chi connectivity index (χ3n) is 5.12. The van der Waals surface area contributed by atoms with Crippen LogP contribution in [0, 0.1) is 18.3 Å². The maximum absolute atomic E-state index is 12.5. The number of fused-ring (bicyclic) bond motifs is 2. The molecule has 2 aromatic carbocycles.